The first kappa shape index (κ1) is 22.2. The first-order valence-electron chi connectivity index (χ1n) is 10.4. The minimum Gasteiger partial charge on any atom is -0.339 e. The van der Waals surface area contributed by atoms with Crippen molar-refractivity contribution in [2.24, 2.45) is 0 Å². The van der Waals surface area contributed by atoms with E-state index in [0.29, 0.717) is 38.2 Å². The van der Waals surface area contributed by atoms with E-state index < -0.39 is 0 Å². The van der Waals surface area contributed by atoms with Gasteiger partial charge in [0.25, 0.3) is 0 Å². The van der Waals surface area contributed by atoms with E-state index in [1.165, 1.54) is 5.56 Å². The number of Topliss-reactive ketones (excluding diaryl/α,β-unsaturated/α-hetero) is 1. The topological polar surface area (TPSA) is 57.7 Å². The van der Waals surface area contributed by atoms with Crippen LogP contribution >= 0.6 is 15.9 Å². The molecule has 2 amide bonds. The molecule has 158 valence electrons. The maximum atomic E-state index is 12.5. The first-order chi connectivity index (χ1) is 14.5. The van der Waals surface area contributed by atoms with Crippen molar-refractivity contribution in [1.82, 2.24) is 9.80 Å². The first-order valence-corrected chi connectivity index (χ1v) is 11.2. The average Bonchev–Trinajstić information content (AvgIpc) is 2.78. The molecule has 0 unspecified atom stereocenters. The SMILES string of the molecule is O=C(CCC(=O)N1CCN(C(=O)CCCc2ccccc2)CC1)c1ccc(Br)cc1. The summed E-state index contributed by atoms with van der Waals surface area (Å²) in [6, 6.07) is 17.4. The summed E-state index contributed by atoms with van der Waals surface area (Å²) in [5, 5.41) is 0. The molecule has 0 aliphatic carbocycles. The molecular weight excluding hydrogens is 444 g/mol. The monoisotopic (exact) mass is 470 g/mol. The van der Waals surface area contributed by atoms with Gasteiger partial charge in [-0.25, -0.2) is 0 Å². The van der Waals surface area contributed by atoms with Crippen molar-refractivity contribution in [3.63, 3.8) is 0 Å². The predicted octanol–water partition coefficient (Wildman–Crippen LogP) is 4.11. The van der Waals surface area contributed by atoms with Gasteiger partial charge in [0, 0.05) is 55.5 Å². The molecule has 2 aromatic rings. The summed E-state index contributed by atoms with van der Waals surface area (Å²) in [6.45, 7) is 2.21. The minimum atomic E-state index is -0.0249. The molecule has 5 nitrogen and oxygen atoms in total. The number of carbonyl (C=O) groups is 3. The van der Waals surface area contributed by atoms with Crippen LogP contribution in [0, 0.1) is 0 Å². The van der Waals surface area contributed by atoms with E-state index in [2.05, 4.69) is 28.1 Å². The Morgan fingerprint density at radius 3 is 1.90 bits per heavy atom. The third-order valence-electron chi connectivity index (χ3n) is 5.42. The lowest BCUT2D eigenvalue weighted by Gasteiger charge is -2.35. The quantitative estimate of drug-likeness (QED) is 0.545. The Morgan fingerprint density at radius 1 is 0.733 bits per heavy atom. The van der Waals surface area contributed by atoms with Gasteiger partial charge in [0.05, 0.1) is 0 Å². The average molecular weight is 471 g/mol. The summed E-state index contributed by atoms with van der Waals surface area (Å²) >= 11 is 3.35. The number of rotatable bonds is 8. The van der Waals surface area contributed by atoms with Gasteiger partial charge < -0.3 is 9.80 Å². The summed E-state index contributed by atoms with van der Waals surface area (Å²) in [5.74, 6) is 0.114. The van der Waals surface area contributed by atoms with Crippen LogP contribution in [0.25, 0.3) is 0 Å². The van der Waals surface area contributed by atoms with Crippen molar-refractivity contribution in [2.75, 3.05) is 26.2 Å². The normalized spacial score (nSPS) is 13.9. The van der Waals surface area contributed by atoms with Gasteiger partial charge in [-0.2, -0.15) is 0 Å². The van der Waals surface area contributed by atoms with Crippen molar-refractivity contribution < 1.29 is 14.4 Å². The van der Waals surface area contributed by atoms with Gasteiger partial charge in [-0.05, 0) is 30.5 Å². The summed E-state index contributed by atoms with van der Waals surface area (Å²) in [4.78, 5) is 40.8. The maximum absolute atomic E-state index is 12.5. The molecule has 6 heteroatoms. The van der Waals surface area contributed by atoms with Crippen LogP contribution in [0.3, 0.4) is 0 Å². The van der Waals surface area contributed by atoms with Crippen molar-refractivity contribution in [3.8, 4) is 0 Å². The van der Waals surface area contributed by atoms with Crippen LogP contribution in [-0.2, 0) is 16.0 Å². The standard InChI is InChI=1S/C24H27BrN2O3/c25-21-11-9-20(10-12-21)22(28)13-14-24(30)27-17-15-26(16-18-27)23(29)8-4-7-19-5-2-1-3-6-19/h1-3,5-6,9-12H,4,7-8,13-18H2. The minimum absolute atomic E-state index is 0.0170. The van der Waals surface area contributed by atoms with Gasteiger partial charge in [-0.15, -0.1) is 0 Å². The lowest BCUT2D eigenvalue weighted by atomic mass is 10.1. The molecule has 1 aliphatic heterocycles. The van der Waals surface area contributed by atoms with Crippen LogP contribution in [0.15, 0.2) is 59.1 Å². The number of hydrogen-bond acceptors (Lipinski definition) is 3. The zero-order valence-electron chi connectivity index (χ0n) is 17.1. The number of nitrogens with zero attached hydrogens (tertiary/aromatic N) is 2. The molecule has 30 heavy (non-hydrogen) atoms. The molecule has 0 radical (unpaired) electrons. The highest BCUT2D eigenvalue weighted by molar-refractivity contribution is 9.10. The Hall–Kier alpha value is -2.47. The van der Waals surface area contributed by atoms with Crippen LogP contribution in [0.5, 0.6) is 0 Å². The molecule has 3 rings (SSSR count). The molecule has 0 aromatic heterocycles. The molecule has 1 fully saturated rings. The molecule has 1 heterocycles. The van der Waals surface area contributed by atoms with Crippen molar-refractivity contribution in [1.29, 1.82) is 0 Å². The fourth-order valence-electron chi connectivity index (χ4n) is 3.61. The summed E-state index contributed by atoms with van der Waals surface area (Å²) in [5.41, 5.74) is 1.87. The van der Waals surface area contributed by atoms with Crippen LogP contribution in [-0.4, -0.2) is 53.6 Å². The Kier molecular flexibility index (Phi) is 8.20. The number of hydrogen-bond donors (Lipinski definition) is 0. The fourth-order valence-corrected chi connectivity index (χ4v) is 3.87. The molecule has 0 atom stereocenters. The van der Waals surface area contributed by atoms with E-state index in [-0.39, 0.29) is 30.4 Å². The highest BCUT2D eigenvalue weighted by Crippen LogP contribution is 2.14. The number of halogens is 1. The van der Waals surface area contributed by atoms with Crippen molar-refractivity contribution >= 4 is 33.5 Å². The second-order valence-electron chi connectivity index (χ2n) is 7.53. The van der Waals surface area contributed by atoms with Gasteiger partial charge in [0.2, 0.25) is 11.8 Å². The number of benzene rings is 2. The smallest absolute Gasteiger partial charge is 0.223 e. The molecule has 0 N–H and O–H groups in total. The lowest BCUT2D eigenvalue weighted by Crippen LogP contribution is -2.50. The van der Waals surface area contributed by atoms with E-state index in [1.807, 2.05) is 35.2 Å². The van der Waals surface area contributed by atoms with E-state index >= 15 is 0 Å². The highest BCUT2D eigenvalue weighted by Gasteiger charge is 2.24. The zero-order chi connectivity index (χ0) is 21.3. The van der Waals surface area contributed by atoms with Crippen LogP contribution in [0.4, 0.5) is 0 Å². The van der Waals surface area contributed by atoms with E-state index in [1.54, 1.807) is 17.0 Å². The third kappa shape index (κ3) is 6.52. The molecular formula is C24H27BrN2O3. The Labute approximate surface area is 186 Å². The largest absolute Gasteiger partial charge is 0.339 e. The van der Waals surface area contributed by atoms with Gasteiger partial charge in [0.1, 0.15) is 0 Å². The van der Waals surface area contributed by atoms with Crippen LogP contribution < -0.4 is 0 Å². The number of aryl methyl sites for hydroxylation is 1. The number of carbonyl (C=O) groups excluding carboxylic acids is 3. The van der Waals surface area contributed by atoms with Gasteiger partial charge in [-0.3, -0.25) is 14.4 Å². The highest BCUT2D eigenvalue weighted by atomic mass is 79.9. The molecule has 0 bridgehead atoms. The van der Waals surface area contributed by atoms with Crippen LogP contribution in [0.2, 0.25) is 0 Å². The lowest BCUT2D eigenvalue weighted by molar-refractivity contribution is -0.139. The Bertz CT molecular complexity index is 860. The molecule has 0 spiro atoms. The number of ketones is 1. The Morgan fingerprint density at radius 2 is 1.30 bits per heavy atom. The summed E-state index contributed by atoms with van der Waals surface area (Å²) in [7, 11) is 0. The number of piperazine rings is 1. The van der Waals surface area contributed by atoms with Crippen molar-refractivity contribution in [2.45, 2.75) is 32.1 Å². The molecule has 0 saturated carbocycles. The van der Waals surface area contributed by atoms with Gasteiger partial charge in [-0.1, -0.05) is 58.4 Å². The predicted molar refractivity (Wildman–Crippen MR) is 120 cm³/mol. The summed E-state index contributed by atoms with van der Waals surface area (Å²) in [6.07, 6.45) is 2.68. The Balaban J connectivity index is 1.35. The van der Waals surface area contributed by atoms with E-state index in [9.17, 15) is 14.4 Å². The van der Waals surface area contributed by atoms with Gasteiger partial charge >= 0.3 is 0 Å². The second-order valence-corrected chi connectivity index (χ2v) is 8.45. The third-order valence-corrected chi connectivity index (χ3v) is 5.94. The van der Waals surface area contributed by atoms with E-state index in [0.717, 1.165) is 17.3 Å². The molecule has 1 aliphatic rings. The number of amides is 2. The second kappa shape index (κ2) is 11.1. The van der Waals surface area contributed by atoms with Gasteiger partial charge in [0.15, 0.2) is 5.78 Å². The summed E-state index contributed by atoms with van der Waals surface area (Å²) < 4.78 is 0.919. The van der Waals surface area contributed by atoms with E-state index in [4.69, 9.17) is 0 Å². The fraction of sp³-hybridized carbons (Fsp3) is 0.375. The molecule has 2 aromatic carbocycles. The van der Waals surface area contributed by atoms with Crippen molar-refractivity contribution in [3.05, 3.63) is 70.2 Å². The molecule has 1 saturated heterocycles. The zero-order valence-corrected chi connectivity index (χ0v) is 18.6. The van der Waals surface area contributed by atoms with Crippen LogP contribution in [0.1, 0.15) is 41.6 Å². The maximum Gasteiger partial charge on any atom is 0.223 e.